The number of likely N-dealkylation sites (tertiary alicyclic amines) is 1. The molecule has 1 N–H and O–H groups in total. The SMILES string of the molecule is O=C(Nc1ccc(-n2cnnn2)cc1)C1CCN(C2CCOCC2)CC1. The first-order valence-electron chi connectivity index (χ1n) is 9.26. The molecule has 26 heavy (non-hydrogen) atoms. The van der Waals surface area contributed by atoms with Crippen LogP contribution in [0.25, 0.3) is 5.69 Å². The quantitative estimate of drug-likeness (QED) is 0.893. The maximum absolute atomic E-state index is 12.6. The molecule has 1 amide bonds. The number of piperidine rings is 1. The summed E-state index contributed by atoms with van der Waals surface area (Å²) in [5.74, 6) is 0.206. The Labute approximate surface area is 152 Å². The van der Waals surface area contributed by atoms with Gasteiger partial charge in [0.05, 0.1) is 5.69 Å². The Bertz CT molecular complexity index is 704. The van der Waals surface area contributed by atoms with E-state index in [9.17, 15) is 4.79 Å². The van der Waals surface area contributed by atoms with Gasteiger partial charge in [-0.2, -0.15) is 0 Å². The van der Waals surface area contributed by atoms with Crippen molar-refractivity contribution in [2.75, 3.05) is 31.6 Å². The largest absolute Gasteiger partial charge is 0.381 e. The molecule has 1 aromatic carbocycles. The smallest absolute Gasteiger partial charge is 0.227 e. The lowest BCUT2D eigenvalue weighted by Crippen LogP contribution is -2.45. The Kier molecular flexibility index (Phi) is 5.21. The van der Waals surface area contributed by atoms with Gasteiger partial charge in [0.15, 0.2) is 0 Å². The highest BCUT2D eigenvalue weighted by molar-refractivity contribution is 5.92. The van der Waals surface area contributed by atoms with Crippen molar-refractivity contribution in [1.29, 1.82) is 0 Å². The number of anilines is 1. The summed E-state index contributed by atoms with van der Waals surface area (Å²) in [4.78, 5) is 15.1. The molecule has 8 heteroatoms. The van der Waals surface area contributed by atoms with E-state index in [1.54, 1.807) is 11.0 Å². The second-order valence-corrected chi connectivity index (χ2v) is 6.94. The van der Waals surface area contributed by atoms with Gasteiger partial charge in [0.2, 0.25) is 5.91 Å². The van der Waals surface area contributed by atoms with Crippen LogP contribution in [0.1, 0.15) is 25.7 Å². The summed E-state index contributed by atoms with van der Waals surface area (Å²) < 4.78 is 7.03. The van der Waals surface area contributed by atoms with Crippen LogP contribution in [0.2, 0.25) is 0 Å². The highest BCUT2D eigenvalue weighted by atomic mass is 16.5. The van der Waals surface area contributed by atoms with E-state index in [2.05, 4.69) is 25.7 Å². The van der Waals surface area contributed by atoms with Crippen LogP contribution < -0.4 is 5.32 Å². The second-order valence-electron chi connectivity index (χ2n) is 6.94. The Balaban J connectivity index is 1.28. The number of rotatable bonds is 4. The first-order chi connectivity index (χ1) is 12.8. The number of hydrogen-bond acceptors (Lipinski definition) is 6. The Morgan fingerprint density at radius 2 is 1.81 bits per heavy atom. The summed E-state index contributed by atoms with van der Waals surface area (Å²) in [6.07, 6.45) is 5.62. The van der Waals surface area contributed by atoms with Gasteiger partial charge >= 0.3 is 0 Å². The third-order valence-corrected chi connectivity index (χ3v) is 5.36. The molecule has 2 fully saturated rings. The normalized spacial score (nSPS) is 20.2. The van der Waals surface area contributed by atoms with E-state index < -0.39 is 0 Å². The first kappa shape index (κ1) is 17.1. The van der Waals surface area contributed by atoms with Gasteiger partial charge < -0.3 is 15.0 Å². The number of amides is 1. The van der Waals surface area contributed by atoms with E-state index in [0.717, 1.165) is 63.4 Å². The van der Waals surface area contributed by atoms with Crippen LogP contribution in [0.4, 0.5) is 5.69 Å². The minimum absolute atomic E-state index is 0.0882. The number of nitrogens with zero attached hydrogens (tertiary/aromatic N) is 5. The van der Waals surface area contributed by atoms with Gasteiger partial charge in [0, 0.05) is 30.9 Å². The number of carbonyl (C=O) groups is 1. The van der Waals surface area contributed by atoms with Crippen molar-refractivity contribution in [2.24, 2.45) is 5.92 Å². The van der Waals surface area contributed by atoms with Crippen molar-refractivity contribution in [3.63, 3.8) is 0 Å². The number of aromatic nitrogens is 4. The van der Waals surface area contributed by atoms with Crippen molar-refractivity contribution in [1.82, 2.24) is 25.1 Å². The molecule has 0 radical (unpaired) electrons. The minimum Gasteiger partial charge on any atom is -0.381 e. The maximum Gasteiger partial charge on any atom is 0.227 e. The molecule has 138 valence electrons. The third-order valence-electron chi connectivity index (χ3n) is 5.36. The van der Waals surface area contributed by atoms with Crippen LogP contribution in [0.15, 0.2) is 30.6 Å². The van der Waals surface area contributed by atoms with E-state index >= 15 is 0 Å². The molecular formula is C18H24N6O2. The third kappa shape index (κ3) is 3.91. The zero-order valence-corrected chi connectivity index (χ0v) is 14.8. The fourth-order valence-corrected chi connectivity index (χ4v) is 3.80. The lowest BCUT2D eigenvalue weighted by molar-refractivity contribution is -0.121. The van der Waals surface area contributed by atoms with Crippen molar-refractivity contribution in [3.05, 3.63) is 30.6 Å². The van der Waals surface area contributed by atoms with E-state index in [4.69, 9.17) is 4.74 Å². The van der Waals surface area contributed by atoms with Crippen LogP contribution in [0.3, 0.4) is 0 Å². The second kappa shape index (κ2) is 7.92. The van der Waals surface area contributed by atoms with Gasteiger partial charge in [-0.05, 0) is 73.5 Å². The van der Waals surface area contributed by atoms with Gasteiger partial charge in [-0.3, -0.25) is 4.79 Å². The average Bonchev–Trinajstić information content (AvgIpc) is 3.24. The Hall–Kier alpha value is -2.32. The molecule has 1 aromatic heterocycles. The zero-order valence-electron chi connectivity index (χ0n) is 14.8. The molecule has 0 spiro atoms. The number of benzene rings is 1. The van der Waals surface area contributed by atoms with Crippen LogP contribution in [-0.4, -0.2) is 63.4 Å². The summed E-state index contributed by atoms with van der Waals surface area (Å²) in [7, 11) is 0. The van der Waals surface area contributed by atoms with E-state index in [1.807, 2.05) is 24.3 Å². The van der Waals surface area contributed by atoms with E-state index in [1.165, 1.54) is 0 Å². The highest BCUT2D eigenvalue weighted by Gasteiger charge is 2.29. The van der Waals surface area contributed by atoms with Gasteiger partial charge in [-0.1, -0.05) is 0 Å². The zero-order chi connectivity index (χ0) is 17.8. The molecule has 0 saturated carbocycles. The predicted octanol–water partition coefficient (Wildman–Crippen LogP) is 1.49. The molecule has 2 aliphatic rings. The van der Waals surface area contributed by atoms with E-state index in [0.29, 0.717) is 6.04 Å². The lowest BCUT2D eigenvalue weighted by atomic mass is 9.93. The molecule has 2 aliphatic heterocycles. The molecule has 8 nitrogen and oxygen atoms in total. The van der Waals surface area contributed by atoms with Crippen molar-refractivity contribution < 1.29 is 9.53 Å². The van der Waals surface area contributed by atoms with Gasteiger partial charge in [-0.25, -0.2) is 4.68 Å². The standard InChI is InChI=1S/C18H24N6O2/c25-18(14-5-9-23(10-6-14)16-7-11-26-12-8-16)20-15-1-3-17(4-2-15)24-13-19-21-22-24/h1-4,13-14,16H,5-12H2,(H,20,25). The van der Waals surface area contributed by atoms with Crippen molar-refractivity contribution in [3.8, 4) is 5.69 Å². The topological polar surface area (TPSA) is 85.2 Å². The van der Waals surface area contributed by atoms with Gasteiger partial charge in [0.25, 0.3) is 0 Å². The Morgan fingerprint density at radius 1 is 1.08 bits per heavy atom. The van der Waals surface area contributed by atoms with Crippen molar-refractivity contribution in [2.45, 2.75) is 31.7 Å². The minimum atomic E-state index is 0.0882. The summed E-state index contributed by atoms with van der Waals surface area (Å²) in [5.41, 5.74) is 1.66. The average molecular weight is 356 g/mol. The molecular weight excluding hydrogens is 332 g/mol. The van der Waals surface area contributed by atoms with Crippen LogP contribution in [0.5, 0.6) is 0 Å². The molecule has 2 saturated heterocycles. The van der Waals surface area contributed by atoms with Crippen molar-refractivity contribution >= 4 is 11.6 Å². The van der Waals surface area contributed by atoms with Crippen LogP contribution in [0, 0.1) is 5.92 Å². The molecule has 4 rings (SSSR count). The fourth-order valence-electron chi connectivity index (χ4n) is 3.80. The van der Waals surface area contributed by atoms with Gasteiger partial charge in [0.1, 0.15) is 6.33 Å². The fraction of sp³-hybridized carbons (Fsp3) is 0.556. The van der Waals surface area contributed by atoms with Crippen LogP contribution in [-0.2, 0) is 9.53 Å². The summed E-state index contributed by atoms with van der Waals surface area (Å²) in [6, 6.07) is 8.17. The lowest BCUT2D eigenvalue weighted by Gasteiger charge is -2.38. The molecule has 0 bridgehead atoms. The summed E-state index contributed by atoms with van der Waals surface area (Å²) in [6.45, 7) is 3.74. The predicted molar refractivity (Wildman–Crippen MR) is 95.9 cm³/mol. The number of tetrazole rings is 1. The molecule has 2 aromatic rings. The number of hydrogen-bond donors (Lipinski definition) is 1. The van der Waals surface area contributed by atoms with Crippen LogP contribution >= 0.6 is 0 Å². The van der Waals surface area contributed by atoms with Gasteiger partial charge in [-0.15, -0.1) is 5.10 Å². The molecule has 3 heterocycles. The maximum atomic E-state index is 12.6. The monoisotopic (exact) mass is 356 g/mol. The highest BCUT2D eigenvalue weighted by Crippen LogP contribution is 2.24. The van der Waals surface area contributed by atoms with E-state index in [-0.39, 0.29) is 11.8 Å². The first-order valence-corrected chi connectivity index (χ1v) is 9.26. The molecule has 0 atom stereocenters. The summed E-state index contributed by atoms with van der Waals surface area (Å²) >= 11 is 0. The Morgan fingerprint density at radius 3 is 2.46 bits per heavy atom. The number of ether oxygens (including phenoxy) is 1. The number of carbonyl (C=O) groups excluding carboxylic acids is 1. The number of nitrogens with one attached hydrogen (secondary N) is 1. The summed E-state index contributed by atoms with van der Waals surface area (Å²) in [5, 5.41) is 14.1. The molecule has 0 unspecified atom stereocenters. The molecule has 0 aliphatic carbocycles.